The number of rotatable bonds is 59. The Morgan fingerprint density at radius 3 is 1.13 bits per heavy atom. The molecule has 0 saturated carbocycles. The lowest BCUT2D eigenvalue weighted by atomic mass is 10.0. The number of aliphatic hydroxyl groups is 2. The summed E-state index contributed by atoms with van der Waals surface area (Å²) in [6.07, 6.45) is 76.1. The van der Waals surface area contributed by atoms with Gasteiger partial charge in [-0.1, -0.05) is 307 Å². The lowest BCUT2D eigenvalue weighted by molar-refractivity contribution is -0.143. The summed E-state index contributed by atoms with van der Waals surface area (Å²) in [5.74, 6) is -0.0704. The van der Waals surface area contributed by atoms with Crippen molar-refractivity contribution in [3.63, 3.8) is 0 Å². The zero-order valence-corrected chi connectivity index (χ0v) is 47.7. The van der Waals surface area contributed by atoms with E-state index in [-0.39, 0.29) is 18.5 Å². The largest absolute Gasteiger partial charge is 0.466 e. The molecule has 1 amide bonds. The molecular formula is C65H123NO5. The second-order valence-electron chi connectivity index (χ2n) is 21.7. The van der Waals surface area contributed by atoms with Gasteiger partial charge in [0.1, 0.15) is 0 Å². The van der Waals surface area contributed by atoms with Gasteiger partial charge in [0, 0.05) is 12.8 Å². The standard InChI is InChI=1S/C65H123NO5/c1-3-5-7-9-11-13-15-17-18-19-20-24-27-30-34-37-41-45-49-53-57-63(68)62(61-67)66-64(69)58-54-50-46-42-38-35-31-28-25-22-21-23-26-29-32-36-40-44-48-52-56-60-71-65(70)59-55-51-47-43-39-33-16-14-12-10-8-6-4-2/h8,10,14,16,53,57,62-63,67-68H,3-7,9,11-13,15,17-52,54-56,58-61H2,1-2H3,(H,66,69)/b10-8-,16-14-,57-53+. The van der Waals surface area contributed by atoms with Crippen LogP contribution in [0.3, 0.4) is 0 Å². The second kappa shape index (κ2) is 60.6. The SMILES string of the molecule is CCC/C=C\C/C=C\CCCCCCCC(=O)OCCCCCCCCCCCCCCCCCCCCCCCC(=O)NC(CO)C(O)/C=C/CCCCCCCCCCCCCCCCCCCC. The first-order chi connectivity index (χ1) is 35.0. The minimum absolute atomic E-state index is 0.00380. The molecule has 0 rings (SSSR count). The van der Waals surface area contributed by atoms with Crippen molar-refractivity contribution in [3.05, 3.63) is 36.5 Å². The zero-order valence-electron chi connectivity index (χ0n) is 47.7. The molecule has 3 N–H and O–H groups in total. The summed E-state index contributed by atoms with van der Waals surface area (Å²) in [7, 11) is 0. The van der Waals surface area contributed by atoms with Gasteiger partial charge in [-0.15, -0.1) is 0 Å². The molecule has 2 atom stereocenters. The Hall–Kier alpha value is -1.92. The molecule has 0 fully saturated rings. The molecule has 6 heteroatoms. The summed E-state index contributed by atoms with van der Waals surface area (Å²) >= 11 is 0. The average molecular weight is 999 g/mol. The van der Waals surface area contributed by atoms with Crippen molar-refractivity contribution in [2.24, 2.45) is 0 Å². The van der Waals surface area contributed by atoms with Crippen LogP contribution >= 0.6 is 0 Å². The Morgan fingerprint density at radius 1 is 0.394 bits per heavy atom. The number of hydrogen-bond donors (Lipinski definition) is 3. The number of esters is 1. The average Bonchev–Trinajstić information content (AvgIpc) is 3.37. The molecule has 0 aliphatic heterocycles. The third kappa shape index (κ3) is 57.2. The number of aliphatic hydroxyl groups excluding tert-OH is 2. The Morgan fingerprint density at radius 2 is 0.732 bits per heavy atom. The maximum atomic E-state index is 12.5. The highest BCUT2D eigenvalue weighted by Crippen LogP contribution is 2.18. The molecule has 0 aromatic rings. The van der Waals surface area contributed by atoms with Crippen LogP contribution in [0.2, 0.25) is 0 Å². The van der Waals surface area contributed by atoms with Crippen LogP contribution in [0.4, 0.5) is 0 Å². The van der Waals surface area contributed by atoms with E-state index in [9.17, 15) is 19.8 Å². The number of ether oxygens (including phenoxy) is 1. The van der Waals surface area contributed by atoms with Gasteiger partial charge in [-0.25, -0.2) is 0 Å². The van der Waals surface area contributed by atoms with E-state index in [1.165, 1.54) is 263 Å². The first kappa shape index (κ1) is 69.1. The Bertz CT molecular complexity index is 1150. The van der Waals surface area contributed by atoms with E-state index in [4.69, 9.17) is 4.74 Å². The normalized spacial score (nSPS) is 12.8. The number of carbonyl (C=O) groups excluding carboxylic acids is 2. The first-order valence-corrected chi connectivity index (χ1v) is 31.8. The monoisotopic (exact) mass is 998 g/mol. The van der Waals surface area contributed by atoms with Gasteiger partial charge in [-0.05, 0) is 57.8 Å². The van der Waals surface area contributed by atoms with Gasteiger partial charge < -0.3 is 20.3 Å². The molecule has 2 unspecified atom stereocenters. The van der Waals surface area contributed by atoms with Gasteiger partial charge in [0.25, 0.3) is 0 Å². The van der Waals surface area contributed by atoms with Gasteiger partial charge in [0.05, 0.1) is 25.4 Å². The summed E-state index contributed by atoms with van der Waals surface area (Å²) in [5, 5.41) is 23.2. The minimum Gasteiger partial charge on any atom is -0.466 e. The van der Waals surface area contributed by atoms with Crippen molar-refractivity contribution >= 4 is 11.9 Å². The van der Waals surface area contributed by atoms with Crippen LogP contribution in [0.5, 0.6) is 0 Å². The van der Waals surface area contributed by atoms with Crippen molar-refractivity contribution in [2.75, 3.05) is 13.2 Å². The number of unbranched alkanes of at least 4 members (excludes halogenated alkanes) is 44. The smallest absolute Gasteiger partial charge is 0.305 e. The highest BCUT2D eigenvalue weighted by molar-refractivity contribution is 5.76. The second-order valence-corrected chi connectivity index (χ2v) is 21.7. The summed E-state index contributed by atoms with van der Waals surface area (Å²) in [4.78, 5) is 24.5. The van der Waals surface area contributed by atoms with Crippen molar-refractivity contribution in [1.29, 1.82) is 0 Å². The van der Waals surface area contributed by atoms with Crippen LogP contribution in [-0.2, 0) is 14.3 Å². The lowest BCUT2D eigenvalue weighted by Crippen LogP contribution is -2.45. The molecule has 0 bridgehead atoms. The third-order valence-corrected chi connectivity index (χ3v) is 14.6. The van der Waals surface area contributed by atoms with Crippen molar-refractivity contribution in [3.8, 4) is 0 Å². The molecule has 0 saturated heterocycles. The molecule has 0 radical (unpaired) electrons. The fraction of sp³-hybridized carbons (Fsp3) is 0.877. The van der Waals surface area contributed by atoms with E-state index in [1.54, 1.807) is 6.08 Å². The van der Waals surface area contributed by atoms with Crippen LogP contribution in [-0.4, -0.2) is 47.4 Å². The van der Waals surface area contributed by atoms with Gasteiger partial charge in [-0.2, -0.15) is 0 Å². The fourth-order valence-corrected chi connectivity index (χ4v) is 9.79. The third-order valence-electron chi connectivity index (χ3n) is 14.6. The maximum absolute atomic E-state index is 12.5. The molecule has 0 heterocycles. The maximum Gasteiger partial charge on any atom is 0.305 e. The van der Waals surface area contributed by atoms with E-state index in [0.717, 1.165) is 51.4 Å². The van der Waals surface area contributed by atoms with Crippen molar-refractivity contribution < 1.29 is 24.5 Å². The van der Waals surface area contributed by atoms with Crippen molar-refractivity contribution in [1.82, 2.24) is 5.32 Å². The van der Waals surface area contributed by atoms with Crippen LogP contribution in [0.25, 0.3) is 0 Å². The molecule has 0 aromatic heterocycles. The molecule has 6 nitrogen and oxygen atoms in total. The topological polar surface area (TPSA) is 95.9 Å². The Kier molecular flexibility index (Phi) is 59.0. The summed E-state index contributed by atoms with van der Waals surface area (Å²) in [6.45, 7) is 4.85. The highest BCUT2D eigenvalue weighted by Gasteiger charge is 2.18. The molecule has 0 aliphatic carbocycles. The number of allylic oxidation sites excluding steroid dienone is 5. The number of amides is 1. The summed E-state index contributed by atoms with van der Waals surface area (Å²) in [6, 6.07) is -0.630. The predicted molar refractivity (Wildman–Crippen MR) is 310 cm³/mol. The van der Waals surface area contributed by atoms with E-state index in [0.29, 0.717) is 19.4 Å². The van der Waals surface area contributed by atoms with Crippen LogP contribution in [0.1, 0.15) is 341 Å². The van der Waals surface area contributed by atoms with E-state index >= 15 is 0 Å². The van der Waals surface area contributed by atoms with Crippen LogP contribution in [0, 0.1) is 0 Å². The first-order valence-electron chi connectivity index (χ1n) is 31.8. The van der Waals surface area contributed by atoms with Gasteiger partial charge in [0.15, 0.2) is 0 Å². The lowest BCUT2D eigenvalue weighted by Gasteiger charge is -2.20. The predicted octanol–water partition coefficient (Wildman–Crippen LogP) is 20.0. The quantitative estimate of drug-likeness (QED) is 0.0321. The highest BCUT2D eigenvalue weighted by atomic mass is 16.5. The van der Waals surface area contributed by atoms with E-state index < -0.39 is 12.1 Å². The number of carbonyl (C=O) groups is 2. The van der Waals surface area contributed by atoms with Crippen LogP contribution < -0.4 is 5.32 Å². The summed E-state index contributed by atoms with van der Waals surface area (Å²) in [5.41, 5.74) is 0. The van der Waals surface area contributed by atoms with E-state index in [1.807, 2.05) is 6.08 Å². The van der Waals surface area contributed by atoms with Gasteiger partial charge in [0.2, 0.25) is 5.91 Å². The van der Waals surface area contributed by atoms with E-state index in [2.05, 4.69) is 43.5 Å². The molecule has 71 heavy (non-hydrogen) atoms. The Labute approximate surface area is 443 Å². The van der Waals surface area contributed by atoms with Crippen LogP contribution in [0.15, 0.2) is 36.5 Å². The Balaban J connectivity index is 3.43. The van der Waals surface area contributed by atoms with Crippen molar-refractivity contribution in [2.45, 2.75) is 353 Å². The van der Waals surface area contributed by atoms with Gasteiger partial charge >= 0.3 is 5.97 Å². The minimum atomic E-state index is -0.846. The zero-order chi connectivity index (χ0) is 51.4. The van der Waals surface area contributed by atoms with Gasteiger partial charge in [-0.3, -0.25) is 9.59 Å². The molecular weight excluding hydrogens is 875 g/mol. The number of nitrogens with one attached hydrogen (secondary N) is 1. The molecule has 0 aliphatic rings. The fourth-order valence-electron chi connectivity index (χ4n) is 9.79. The number of hydrogen-bond acceptors (Lipinski definition) is 5. The molecule has 0 aromatic carbocycles. The summed E-state index contributed by atoms with van der Waals surface area (Å²) < 4.78 is 5.47. The molecule has 0 spiro atoms. The molecule has 418 valence electrons.